The number of amides is 4. The molecule has 2 aromatic rings. The second kappa shape index (κ2) is 12.7. The molecule has 3 heterocycles. The molecular formula is C30H35F2N5O6. The lowest BCUT2D eigenvalue weighted by Crippen LogP contribution is -2.57. The Bertz CT molecular complexity index is 1400. The molecule has 1 unspecified atom stereocenters. The molecule has 1 aromatic carbocycles. The molecule has 3 aliphatic rings. The van der Waals surface area contributed by atoms with Crippen LogP contribution in [-0.4, -0.2) is 83.9 Å². The third-order valence-corrected chi connectivity index (χ3v) is 8.49. The van der Waals surface area contributed by atoms with E-state index >= 15 is 0 Å². The molecule has 0 bridgehead atoms. The first-order valence-corrected chi connectivity index (χ1v) is 14.2. The summed E-state index contributed by atoms with van der Waals surface area (Å²) < 4.78 is 38.2. The lowest BCUT2D eigenvalue weighted by molar-refractivity contribution is -0.137. The zero-order valence-electron chi connectivity index (χ0n) is 24.0. The molecule has 2 fully saturated rings. The summed E-state index contributed by atoms with van der Waals surface area (Å²) in [5, 5.41) is 16.6. The summed E-state index contributed by atoms with van der Waals surface area (Å²) in [4.78, 5) is 47.3. The van der Waals surface area contributed by atoms with Gasteiger partial charge in [0.2, 0.25) is 0 Å². The van der Waals surface area contributed by atoms with Gasteiger partial charge in [-0.1, -0.05) is 12.1 Å². The first kappa shape index (κ1) is 30.5. The first-order chi connectivity index (χ1) is 20.6. The van der Waals surface area contributed by atoms with Gasteiger partial charge in [-0.15, -0.1) is 0 Å². The Morgan fingerprint density at radius 1 is 1.14 bits per heavy atom. The summed E-state index contributed by atoms with van der Waals surface area (Å²) in [6.07, 6.45) is 4.95. The minimum atomic E-state index is -1.40. The average molecular weight is 600 g/mol. The van der Waals surface area contributed by atoms with Gasteiger partial charge in [0.25, 0.3) is 0 Å². The minimum absolute atomic E-state index is 0.00792. The maximum Gasteiger partial charge on any atom is 0.338 e. The van der Waals surface area contributed by atoms with Gasteiger partial charge < -0.3 is 25.2 Å². The third kappa shape index (κ3) is 6.24. The third-order valence-electron chi connectivity index (χ3n) is 8.49. The second-order valence-electron chi connectivity index (χ2n) is 11.1. The van der Waals surface area contributed by atoms with Gasteiger partial charge in [0.15, 0.2) is 11.6 Å². The molecule has 3 N–H and O–H groups in total. The number of ether oxygens (including phenoxy) is 2. The van der Waals surface area contributed by atoms with E-state index in [9.17, 15) is 28.3 Å². The zero-order chi connectivity index (χ0) is 30.7. The smallest absolute Gasteiger partial charge is 0.338 e. The van der Waals surface area contributed by atoms with Crippen LogP contribution in [0.5, 0.6) is 0 Å². The number of benzene rings is 1. The van der Waals surface area contributed by atoms with Crippen LogP contribution in [0.15, 0.2) is 53.9 Å². The Balaban J connectivity index is 1.32. The lowest BCUT2D eigenvalue weighted by Gasteiger charge is -2.39. The van der Waals surface area contributed by atoms with Crippen LogP contribution < -0.4 is 10.6 Å². The highest BCUT2D eigenvalue weighted by Crippen LogP contribution is 2.39. The Hall–Kier alpha value is -3.94. The second-order valence-corrected chi connectivity index (χ2v) is 11.1. The predicted octanol–water partition coefficient (Wildman–Crippen LogP) is 3.11. The molecule has 0 radical (unpaired) electrons. The minimum Gasteiger partial charge on any atom is -0.466 e. The fraction of sp³-hybridized carbons (Fsp3) is 0.467. The molecule has 1 saturated heterocycles. The van der Waals surface area contributed by atoms with Gasteiger partial charge >= 0.3 is 18.0 Å². The van der Waals surface area contributed by atoms with Crippen LogP contribution >= 0.6 is 0 Å². The van der Waals surface area contributed by atoms with Crippen LogP contribution in [0.4, 0.5) is 18.4 Å². The van der Waals surface area contributed by atoms with E-state index < -0.39 is 41.3 Å². The molecule has 1 saturated carbocycles. The van der Waals surface area contributed by atoms with Crippen molar-refractivity contribution in [3.05, 3.63) is 76.8 Å². The highest BCUT2D eigenvalue weighted by molar-refractivity contribution is 6.01. The molecule has 13 heteroatoms. The van der Waals surface area contributed by atoms with Crippen LogP contribution in [0.25, 0.3) is 0 Å². The standard InChI is InChI=1S/C30H35F2N5O6/c1-42-17-23-25(27(38)43-2)26(18-6-7-21(31)22(32)15-18)37(29(40)35-23)28(39)34-19-10-14-36(16-19)20-8-11-30(41,12-9-20)24-5-3-4-13-33-24/h3-7,13,15,19-20,26,41H,8-12,14,16-17H2,1-2H3,(H,34,39)(H,35,40)/t19?,20?,26-,30?/m0/s1. The van der Waals surface area contributed by atoms with Gasteiger partial charge in [-0.2, -0.15) is 0 Å². The van der Waals surface area contributed by atoms with Gasteiger partial charge in [0, 0.05) is 38.5 Å². The first-order valence-electron chi connectivity index (χ1n) is 14.2. The summed E-state index contributed by atoms with van der Waals surface area (Å²) in [5.41, 5.74) is -0.374. The maximum absolute atomic E-state index is 14.3. The maximum atomic E-state index is 14.3. The van der Waals surface area contributed by atoms with E-state index in [2.05, 4.69) is 20.5 Å². The lowest BCUT2D eigenvalue weighted by atomic mass is 9.79. The number of aliphatic hydroxyl groups is 1. The number of esters is 1. The number of halogens is 2. The number of rotatable bonds is 7. The summed E-state index contributed by atoms with van der Waals surface area (Å²) in [6.45, 7) is 1.04. The quantitative estimate of drug-likeness (QED) is 0.414. The van der Waals surface area contributed by atoms with E-state index in [0.717, 1.165) is 37.0 Å². The van der Waals surface area contributed by atoms with Crippen LogP contribution in [0, 0.1) is 11.6 Å². The molecular weight excluding hydrogens is 564 g/mol. The van der Waals surface area contributed by atoms with Crippen molar-refractivity contribution < 1.29 is 37.7 Å². The van der Waals surface area contributed by atoms with E-state index in [0.29, 0.717) is 38.0 Å². The summed E-state index contributed by atoms with van der Waals surface area (Å²) in [7, 11) is 2.50. The molecule has 4 amide bonds. The van der Waals surface area contributed by atoms with Crippen molar-refractivity contribution >= 4 is 18.0 Å². The van der Waals surface area contributed by atoms with E-state index in [1.807, 2.05) is 18.2 Å². The zero-order valence-corrected chi connectivity index (χ0v) is 24.0. The van der Waals surface area contributed by atoms with E-state index in [-0.39, 0.29) is 35.5 Å². The number of imide groups is 1. The fourth-order valence-corrected chi connectivity index (χ4v) is 6.30. The topological polar surface area (TPSA) is 133 Å². The van der Waals surface area contributed by atoms with Crippen molar-refractivity contribution in [1.82, 2.24) is 25.4 Å². The molecule has 1 aromatic heterocycles. The number of nitrogens with one attached hydrogen (secondary N) is 2. The van der Waals surface area contributed by atoms with E-state index in [1.54, 1.807) is 6.20 Å². The highest BCUT2D eigenvalue weighted by Gasteiger charge is 2.45. The normalized spacial score (nSPS) is 26.3. The number of carbonyl (C=O) groups excluding carboxylic acids is 3. The van der Waals surface area contributed by atoms with Crippen molar-refractivity contribution in [1.29, 1.82) is 0 Å². The van der Waals surface area contributed by atoms with E-state index in [1.165, 1.54) is 13.2 Å². The molecule has 2 aliphatic heterocycles. The van der Waals surface area contributed by atoms with Crippen LogP contribution in [0.1, 0.15) is 49.4 Å². The summed E-state index contributed by atoms with van der Waals surface area (Å²) >= 11 is 0. The van der Waals surface area contributed by atoms with Gasteiger partial charge in [0.1, 0.15) is 11.6 Å². The van der Waals surface area contributed by atoms with Crippen molar-refractivity contribution in [3.63, 3.8) is 0 Å². The molecule has 1 aliphatic carbocycles. The summed E-state index contributed by atoms with van der Waals surface area (Å²) in [6, 6.07) is 5.28. The molecule has 5 rings (SSSR count). The van der Waals surface area contributed by atoms with Gasteiger partial charge in [0.05, 0.1) is 30.7 Å². The number of aromatic nitrogens is 1. The highest BCUT2D eigenvalue weighted by atomic mass is 19.2. The molecule has 0 spiro atoms. The van der Waals surface area contributed by atoms with Crippen molar-refractivity contribution in [2.24, 2.45) is 0 Å². The number of pyridine rings is 1. The largest absolute Gasteiger partial charge is 0.466 e. The monoisotopic (exact) mass is 599 g/mol. The fourth-order valence-electron chi connectivity index (χ4n) is 6.30. The van der Waals surface area contributed by atoms with Gasteiger partial charge in [-0.3, -0.25) is 9.88 Å². The SMILES string of the molecule is COCC1=C(C(=O)OC)[C@H](c2ccc(F)c(F)c2)N(C(=O)NC2CCN(C3CCC(O)(c4ccccn4)CC3)C2)C(=O)N1. The molecule has 11 nitrogen and oxygen atoms in total. The number of hydrogen-bond donors (Lipinski definition) is 3. The Labute approximate surface area is 247 Å². The predicted molar refractivity (Wildman–Crippen MR) is 149 cm³/mol. The molecule has 43 heavy (non-hydrogen) atoms. The van der Waals surface area contributed by atoms with Crippen LogP contribution in [0.2, 0.25) is 0 Å². The van der Waals surface area contributed by atoms with Crippen molar-refractivity contribution in [2.45, 2.75) is 55.8 Å². The van der Waals surface area contributed by atoms with E-state index in [4.69, 9.17) is 9.47 Å². The Morgan fingerprint density at radius 3 is 2.56 bits per heavy atom. The molecule has 2 atom stereocenters. The summed E-state index contributed by atoms with van der Waals surface area (Å²) in [5.74, 6) is -3.18. The number of methoxy groups -OCH3 is 2. The number of nitrogens with zero attached hydrogens (tertiary/aromatic N) is 3. The van der Waals surface area contributed by atoms with Gasteiger partial charge in [-0.25, -0.2) is 28.1 Å². The number of likely N-dealkylation sites (tertiary alicyclic amines) is 1. The Morgan fingerprint density at radius 2 is 1.91 bits per heavy atom. The average Bonchev–Trinajstić information content (AvgIpc) is 3.47. The number of hydrogen-bond acceptors (Lipinski definition) is 8. The van der Waals surface area contributed by atoms with Crippen LogP contribution in [0.3, 0.4) is 0 Å². The molecule has 230 valence electrons. The number of carbonyl (C=O) groups is 3. The van der Waals surface area contributed by atoms with Crippen LogP contribution in [-0.2, 0) is 19.9 Å². The van der Waals surface area contributed by atoms with Gasteiger partial charge in [-0.05, 0) is 61.9 Å². The van der Waals surface area contributed by atoms with Crippen molar-refractivity contribution in [2.75, 3.05) is 33.9 Å². The van der Waals surface area contributed by atoms with Crippen molar-refractivity contribution in [3.8, 4) is 0 Å². The number of urea groups is 2. The Kier molecular flexibility index (Phi) is 9.04.